The molecule has 0 atom stereocenters. The van der Waals surface area contributed by atoms with Gasteiger partial charge in [-0.3, -0.25) is 9.48 Å². The van der Waals surface area contributed by atoms with Gasteiger partial charge in [0.05, 0.1) is 11.1 Å². The Morgan fingerprint density at radius 3 is 2.02 bits per heavy atom. The number of pyridine rings is 1. The summed E-state index contributed by atoms with van der Waals surface area (Å²) in [5, 5.41) is 14.3. The lowest BCUT2D eigenvalue weighted by Gasteiger charge is -2.18. The summed E-state index contributed by atoms with van der Waals surface area (Å²) < 4.78 is 14.0. The van der Waals surface area contributed by atoms with Gasteiger partial charge in [-0.1, -0.05) is 112 Å². The average Bonchev–Trinajstić information content (AvgIpc) is 3.41. The lowest BCUT2D eigenvalue weighted by Crippen LogP contribution is -2.10. The molecule has 0 saturated heterocycles. The van der Waals surface area contributed by atoms with Crippen LogP contribution in [0.4, 0.5) is 0 Å². The Morgan fingerprint density at radius 1 is 0.795 bits per heavy atom. The quantitative estimate of drug-likeness (QED) is 0.184. The van der Waals surface area contributed by atoms with Gasteiger partial charge in [-0.15, -0.1) is 0 Å². The first-order valence-corrected chi connectivity index (χ1v) is 15.5. The molecule has 0 radical (unpaired) electrons. The molecule has 6 rings (SSSR count). The van der Waals surface area contributed by atoms with E-state index in [1.807, 2.05) is 111 Å². The number of nitrogens with zero attached hydrogens (tertiary/aromatic N) is 3. The number of aromatic nitrogens is 3. The van der Waals surface area contributed by atoms with Crippen molar-refractivity contribution in [3.63, 3.8) is 0 Å². The number of hydrogen-bond acceptors (Lipinski definition) is 5. The van der Waals surface area contributed by atoms with Crippen molar-refractivity contribution in [2.45, 2.75) is 65.6 Å². The molecule has 3 aromatic carbocycles. The topological polar surface area (TPSA) is 86.5 Å². The predicted octanol–water partition coefficient (Wildman–Crippen LogP) is 8.86. The molecule has 7 heteroatoms. The van der Waals surface area contributed by atoms with Gasteiger partial charge in [0, 0.05) is 24.9 Å². The zero-order valence-electron chi connectivity index (χ0n) is 26.0. The second-order valence-corrected chi connectivity index (χ2v) is 10.6. The Labute approximate surface area is 260 Å². The molecule has 1 aliphatic rings. The Bertz CT molecular complexity index is 1580. The number of hydrogen-bond donors (Lipinski definition) is 1. The lowest BCUT2D eigenvalue weighted by molar-refractivity contribution is -0.138. The zero-order chi connectivity index (χ0) is 31.1. The van der Waals surface area contributed by atoms with Gasteiger partial charge in [0.15, 0.2) is 0 Å². The highest BCUT2D eigenvalue weighted by molar-refractivity contribution is 5.94. The molecule has 44 heavy (non-hydrogen) atoms. The van der Waals surface area contributed by atoms with Crippen LogP contribution in [0.15, 0.2) is 97.1 Å². The van der Waals surface area contributed by atoms with Crippen LogP contribution < -0.4 is 9.47 Å². The minimum atomic E-state index is -0.632. The van der Waals surface area contributed by atoms with Crippen LogP contribution in [0.2, 0.25) is 0 Å². The Kier molecular flexibility index (Phi) is 12.4. The average molecular weight is 594 g/mol. The summed E-state index contributed by atoms with van der Waals surface area (Å²) in [4.78, 5) is 15.0. The number of carbonyl (C=O) groups is 1. The van der Waals surface area contributed by atoms with Crippen LogP contribution >= 0.6 is 0 Å². The van der Waals surface area contributed by atoms with Crippen molar-refractivity contribution in [1.82, 2.24) is 14.8 Å². The van der Waals surface area contributed by atoms with E-state index >= 15 is 0 Å². The van der Waals surface area contributed by atoms with Crippen molar-refractivity contribution in [1.29, 1.82) is 0 Å². The van der Waals surface area contributed by atoms with Gasteiger partial charge in [0.2, 0.25) is 11.8 Å². The van der Waals surface area contributed by atoms with E-state index in [-0.39, 0.29) is 0 Å². The molecular weight excluding hydrogens is 550 g/mol. The van der Waals surface area contributed by atoms with E-state index < -0.39 is 5.97 Å². The van der Waals surface area contributed by atoms with Gasteiger partial charge < -0.3 is 14.6 Å². The lowest BCUT2D eigenvalue weighted by atomic mass is 9.87. The van der Waals surface area contributed by atoms with Crippen molar-refractivity contribution in [3.8, 4) is 23.0 Å². The van der Waals surface area contributed by atoms with E-state index in [4.69, 9.17) is 24.7 Å². The first-order chi connectivity index (χ1) is 21.6. The SMILES string of the molecule is CC.Cn1nc(-c2ccc(OCc3ccccc3)nc2OCc2ccccc2)c2ccccc21.O=C(O)CC1CCCCC1. The van der Waals surface area contributed by atoms with Crippen LogP contribution in [0.1, 0.15) is 63.5 Å². The van der Waals surface area contributed by atoms with Crippen LogP contribution in [-0.4, -0.2) is 25.8 Å². The van der Waals surface area contributed by atoms with Crippen molar-refractivity contribution in [3.05, 3.63) is 108 Å². The highest BCUT2D eigenvalue weighted by atomic mass is 16.5. The standard InChI is InChI=1S/C27H23N3O2.C8H14O2.C2H6/c1-30-24-15-9-8-14-22(24)26(29-30)23-16-17-25(31-18-20-10-4-2-5-11-20)28-27(23)32-19-21-12-6-3-7-13-21;9-8(10)6-7-4-2-1-3-5-7;1-2/h2-17H,18-19H2,1H3;7H,1-6H2,(H,9,10);1-2H3. The fraction of sp³-hybridized carbons (Fsp3) is 0.324. The molecule has 230 valence electrons. The molecule has 0 aliphatic heterocycles. The third-order valence-corrected chi connectivity index (χ3v) is 7.48. The molecular formula is C37H43N3O4. The largest absolute Gasteiger partial charge is 0.481 e. The number of rotatable bonds is 9. The summed E-state index contributed by atoms with van der Waals surface area (Å²) in [6, 6.07) is 32.1. The molecule has 0 spiro atoms. The van der Waals surface area contributed by atoms with Crippen LogP contribution in [0.5, 0.6) is 11.8 Å². The predicted molar refractivity (Wildman–Crippen MR) is 176 cm³/mol. The number of aryl methyl sites for hydroxylation is 1. The maximum absolute atomic E-state index is 10.3. The molecule has 1 fully saturated rings. The second-order valence-electron chi connectivity index (χ2n) is 10.6. The first kappa shape index (κ1) is 32.3. The summed E-state index contributed by atoms with van der Waals surface area (Å²) in [6.07, 6.45) is 6.42. The maximum atomic E-state index is 10.3. The number of carboxylic acids is 1. The van der Waals surface area contributed by atoms with Crippen molar-refractivity contribution in [2.24, 2.45) is 13.0 Å². The minimum absolute atomic E-state index is 0.389. The second kappa shape index (κ2) is 16.8. The highest BCUT2D eigenvalue weighted by Gasteiger charge is 2.18. The summed E-state index contributed by atoms with van der Waals surface area (Å²) in [7, 11) is 1.95. The summed E-state index contributed by atoms with van der Waals surface area (Å²) in [5.74, 6) is 0.863. The van der Waals surface area contributed by atoms with E-state index in [1.165, 1.54) is 19.3 Å². The van der Waals surface area contributed by atoms with Gasteiger partial charge >= 0.3 is 5.97 Å². The van der Waals surface area contributed by atoms with Gasteiger partial charge in [0.1, 0.15) is 18.9 Å². The van der Waals surface area contributed by atoms with E-state index in [0.717, 1.165) is 46.1 Å². The molecule has 7 nitrogen and oxygen atoms in total. The van der Waals surface area contributed by atoms with E-state index in [0.29, 0.717) is 37.3 Å². The number of ether oxygens (including phenoxy) is 2. The normalized spacial score (nSPS) is 12.8. The molecule has 0 unspecified atom stereocenters. The van der Waals surface area contributed by atoms with Crippen LogP contribution in [0.25, 0.3) is 22.2 Å². The van der Waals surface area contributed by atoms with Crippen LogP contribution in [0, 0.1) is 5.92 Å². The third kappa shape index (κ3) is 9.17. The monoisotopic (exact) mass is 593 g/mol. The highest BCUT2D eigenvalue weighted by Crippen LogP contribution is 2.35. The van der Waals surface area contributed by atoms with Gasteiger partial charge in [0.25, 0.3) is 0 Å². The number of benzene rings is 3. The van der Waals surface area contributed by atoms with E-state index in [1.54, 1.807) is 0 Å². The van der Waals surface area contributed by atoms with Crippen LogP contribution in [0.3, 0.4) is 0 Å². The number of aliphatic carboxylic acids is 1. The smallest absolute Gasteiger partial charge is 0.303 e. The van der Waals surface area contributed by atoms with E-state index in [2.05, 4.69) is 12.1 Å². The fourth-order valence-electron chi connectivity index (χ4n) is 5.30. The summed E-state index contributed by atoms with van der Waals surface area (Å²) in [5.41, 5.74) is 4.89. The van der Waals surface area contributed by atoms with E-state index in [9.17, 15) is 4.79 Å². The van der Waals surface area contributed by atoms with Gasteiger partial charge in [-0.05, 0) is 42.0 Å². The van der Waals surface area contributed by atoms with Gasteiger partial charge in [-0.25, -0.2) is 0 Å². The third-order valence-electron chi connectivity index (χ3n) is 7.48. The fourth-order valence-corrected chi connectivity index (χ4v) is 5.30. The number of para-hydroxylation sites is 1. The molecule has 0 bridgehead atoms. The number of fused-ring (bicyclic) bond motifs is 1. The Hall–Kier alpha value is -4.65. The minimum Gasteiger partial charge on any atom is -0.481 e. The molecule has 2 aromatic heterocycles. The van der Waals surface area contributed by atoms with Crippen LogP contribution in [-0.2, 0) is 25.1 Å². The molecule has 0 amide bonds. The van der Waals surface area contributed by atoms with Crippen molar-refractivity contribution < 1.29 is 19.4 Å². The summed E-state index contributed by atoms with van der Waals surface area (Å²) >= 11 is 0. The maximum Gasteiger partial charge on any atom is 0.303 e. The summed E-state index contributed by atoms with van der Waals surface area (Å²) in [6.45, 7) is 4.85. The molecule has 2 heterocycles. The Morgan fingerprint density at radius 2 is 1.39 bits per heavy atom. The Balaban J connectivity index is 0.000000312. The number of carboxylic acid groups (broad SMARTS) is 1. The molecule has 5 aromatic rings. The van der Waals surface area contributed by atoms with Gasteiger partial charge in [-0.2, -0.15) is 10.1 Å². The first-order valence-electron chi connectivity index (χ1n) is 15.5. The molecule has 1 saturated carbocycles. The molecule has 1 N–H and O–H groups in total. The van der Waals surface area contributed by atoms with Crippen molar-refractivity contribution in [2.75, 3.05) is 0 Å². The molecule has 1 aliphatic carbocycles. The van der Waals surface area contributed by atoms with Crippen molar-refractivity contribution >= 4 is 16.9 Å². The zero-order valence-corrected chi connectivity index (χ0v) is 26.0.